The Kier molecular flexibility index (Phi) is 2.89. The fourth-order valence-corrected chi connectivity index (χ4v) is 1.75. The molecule has 0 unspecified atom stereocenters. The maximum atomic E-state index is 6.05. The van der Waals surface area contributed by atoms with Gasteiger partial charge in [-0.1, -0.05) is 11.6 Å². The second-order valence-electron chi connectivity index (χ2n) is 4.51. The molecule has 15 heavy (non-hydrogen) atoms. The monoisotopic (exact) mass is 224 g/mol. The third-order valence-corrected chi connectivity index (χ3v) is 3.36. The van der Waals surface area contributed by atoms with Gasteiger partial charge in [0, 0.05) is 29.8 Å². The summed E-state index contributed by atoms with van der Waals surface area (Å²) in [5.74, 6) is 0. The van der Waals surface area contributed by atoms with Gasteiger partial charge in [0.1, 0.15) is 0 Å². The van der Waals surface area contributed by atoms with E-state index in [0.29, 0.717) is 0 Å². The molecule has 0 aliphatic heterocycles. The van der Waals surface area contributed by atoms with Crippen molar-refractivity contribution in [3.63, 3.8) is 0 Å². The van der Waals surface area contributed by atoms with Crippen molar-refractivity contribution >= 4 is 17.3 Å². The molecule has 0 radical (unpaired) electrons. The molecule has 0 spiro atoms. The van der Waals surface area contributed by atoms with Crippen molar-refractivity contribution < 1.29 is 0 Å². The maximum absolute atomic E-state index is 6.05. The first-order valence-electron chi connectivity index (χ1n) is 5.35. The van der Waals surface area contributed by atoms with Crippen LogP contribution in [0.25, 0.3) is 0 Å². The van der Waals surface area contributed by atoms with Gasteiger partial charge in [0.2, 0.25) is 0 Å². The van der Waals surface area contributed by atoms with Gasteiger partial charge < -0.3 is 10.6 Å². The molecule has 1 aliphatic carbocycles. The van der Waals surface area contributed by atoms with Gasteiger partial charge in [-0.05, 0) is 43.5 Å². The van der Waals surface area contributed by atoms with Gasteiger partial charge in [-0.3, -0.25) is 0 Å². The molecule has 1 saturated carbocycles. The van der Waals surface area contributed by atoms with Gasteiger partial charge in [0.25, 0.3) is 0 Å². The zero-order valence-corrected chi connectivity index (χ0v) is 9.80. The summed E-state index contributed by atoms with van der Waals surface area (Å²) in [6, 6.07) is 7.92. The van der Waals surface area contributed by atoms with E-state index in [1.165, 1.54) is 18.5 Å². The van der Waals surface area contributed by atoms with Crippen LogP contribution in [0.5, 0.6) is 0 Å². The number of hydrogen-bond donors (Lipinski definition) is 1. The van der Waals surface area contributed by atoms with E-state index in [-0.39, 0.29) is 5.54 Å². The van der Waals surface area contributed by atoms with E-state index >= 15 is 0 Å². The Morgan fingerprint density at radius 3 is 2.47 bits per heavy atom. The van der Waals surface area contributed by atoms with Gasteiger partial charge in [0.15, 0.2) is 0 Å². The highest BCUT2D eigenvalue weighted by atomic mass is 35.5. The summed E-state index contributed by atoms with van der Waals surface area (Å²) in [4.78, 5) is 2.23. The quantitative estimate of drug-likeness (QED) is 0.852. The minimum absolute atomic E-state index is 0.140. The Labute approximate surface area is 96.0 Å². The highest BCUT2D eigenvalue weighted by Crippen LogP contribution is 2.35. The van der Waals surface area contributed by atoms with Crippen LogP contribution in [0, 0.1) is 0 Å². The van der Waals surface area contributed by atoms with Crippen molar-refractivity contribution in [3.8, 4) is 0 Å². The largest absolute Gasteiger partial charge is 0.375 e. The molecule has 0 aromatic heterocycles. The van der Waals surface area contributed by atoms with Gasteiger partial charge >= 0.3 is 0 Å². The SMILES string of the molecule is CN(CCC1(N)CC1)c1ccc(Cl)cc1. The first-order valence-corrected chi connectivity index (χ1v) is 5.72. The van der Waals surface area contributed by atoms with Crippen LogP contribution >= 0.6 is 11.6 Å². The van der Waals surface area contributed by atoms with Crippen molar-refractivity contribution in [2.75, 3.05) is 18.5 Å². The van der Waals surface area contributed by atoms with Crippen LogP contribution in [0.3, 0.4) is 0 Å². The predicted octanol–water partition coefficient (Wildman–Crippen LogP) is 2.66. The van der Waals surface area contributed by atoms with Crippen LogP contribution in [0.2, 0.25) is 5.02 Å². The second-order valence-corrected chi connectivity index (χ2v) is 4.95. The number of hydrogen-bond acceptors (Lipinski definition) is 2. The Bertz CT molecular complexity index is 330. The van der Waals surface area contributed by atoms with Gasteiger partial charge in [-0.15, -0.1) is 0 Å². The molecule has 0 bridgehead atoms. The van der Waals surface area contributed by atoms with E-state index in [1.54, 1.807) is 0 Å². The van der Waals surface area contributed by atoms with Crippen LogP contribution < -0.4 is 10.6 Å². The molecule has 3 heteroatoms. The lowest BCUT2D eigenvalue weighted by Gasteiger charge is -2.21. The third kappa shape index (κ3) is 2.86. The first-order chi connectivity index (χ1) is 7.09. The second kappa shape index (κ2) is 4.03. The average Bonchev–Trinajstić information content (AvgIpc) is 2.95. The van der Waals surface area contributed by atoms with Crippen molar-refractivity contribution in [2.45, 2.75) is 24.8 Å². The van der Waals surface area contributed by atoms with E-state index in [2.05, 4.69) is 11.9 Å². The molecule has 1 aliphatic rings. The highest BCUT2D eigenvalue weighted by molar-refractivity contribution is 6.30. The average molecular weight is 225 g/mol. The lowest BCUT2D eigenvalue weighted by atomic mass is 10.2. The Balaban J connectivity index is 1.89. The summed E-state index contributed by atoms with van der Waals surface area (Å²) in [6.07, 6.45) is 3.44. The molecular weight excluding hydrogens is 208 g/mol. The summed E-state index contributed by atoms with van der Waals surface area (Å²) >= 11 is 5.84. The lowest BCUT2D eigenvalue weighted by molar-refractivity contribution is 0.606. The zero-order chi connectivity index (χ0) is 10.9. The lowest BCUT2D eigenvalue weighted by Crippen LogP contribution is -2.29. The molecule has 2 N–H and O–H groups in total. The topological polar surface area (TPSA) is 29.3 Å². The summed E-state index contributed by atoms with van der Waals surface area (Å²) in [6.45, 7) is 1.01. The first kappa shape index (κ1) is 10.8. The van der Waals surface area contributed by atoms with Crippen LogP contribution in [0.1, 0.15) is 19.3 Å². The molecule has 2 nitrogen and oxygen atoms in total. The van der Waals surface area contributed by atoms with Crippen molar-refractivity contribution in [1.82, 2.24) is 0 Å². The van der Waals surface area contributed by atoms with E-state index in [1.807, 2.05) is 24.3 Å². The molecular formula is C12H17ClN2. The molecule has 82 valence electrons. The van der Waals surface area contributed by atoms with Gasteiger partial charge in [-0.2, -0.15) is 0 Å². The molecule has 0 atom stereocenters. The van der Waals surface area contributed by atoms with E-state index < -0.39 is 0 Å². The number of nitrogens with zero attached hydrogens (tertiary/aromatic N) is 1. The smallest absolute Gasteiger partial charge is 0.0407 e. The number of benzene rings is 1. The summed E-state index contributed by atoms with van der Waals surface area (Å²) in [5, 5.41) is 0.782. The highest BCUT2D eigenvalue weighted by Gasteiger charge is 2.37. The molecule has 0 heterocycles. The summed E-state index contributed by atoms with van der Waals surface area (Å²) in [5.41, 5.74) is 7.39. The fraction of sp³-hybridized carbons (Fsp3) is 0.500. The third-order valence-electron chi connectivity index (χ3n) is 3.10. The number of nitrogens with two attached hydrogens (primary N) is 1. The van der Waals surface area contributed by atoms with Crippen LogP contribution in [0.15, 0.2) is 24.3 Å². The van der Waals surface area contributed by atoms with E-state index in [0.717, 1.165) is 18.0 Å². The van der Waals surface area contributed by atoms with Crippen LogP contribution in [0.4, 0.5) is 5.69 Å². The number of rotatable bonds is 4. The minimum atomic E-state index is 0.140. The van der Waals surface area contributed by atoms with Crippen molar-refractivity contribution in [2.24, 2.45) is 5.73 Å². The fourth-order valence-electron chi connectivity index (χ4n) is 1.63. The predicted molar refractivity (Wildman–Crippen MR) is 65.5 cm³/mol. The minimum Gasteiger partial charge on any atom is -0.375 e. The Hall–Kier alpha value is -0.730. The molecule has 1 aromatic rings. The maximum Gasteiger partial charge on any atom is 0.0407 e. The van der Waals surface area contributed by atoms with E-state index in [9.17, 15) is 0 Å². The molecule has 1 fully saturated rings. The van der Waals surface area contributed by atoms with E-state index in [4.69, 9.17) is 17.3 Å². The number of anilines is 1. The van der Waals surface area contributed by atoms with Crippen LogP contribution in [-0.4, -0.2) is 19.1 Å². The zero-order valence-electron chi connectivity index (χ0n) is 9.04. The van der Waals surface area contributed by atoms with Crippen molar-refractivity contribution in [3.05, 3.63) is 29.3 Å². The molecule has 0 amide bonds. The van der Waals surface area contributed by atoms with Crippen LogP contribution in [-0.2, 0) is 0 Å². The summed E-state index contributed by atoms with van der Waals surface area (Å²) < 4.78 is 0. The standard InChI is InChI=1S/C12H17ClN2/c1-15(9-8-12(14)6-7-12)11-4-2-10(13)3-5-11/h2-5H,6-9,14H2,1H3. The summed E-state index contributed by atoms with van der Waals surface area (Å²) in [7, 11) is 2.09. The van der Waals surface area contributed by atoms with Gasteiger partial charge in [-0.25, -0.2) is 0 Å². The number of halogens is 1. The Morgan fingerprint density at radius 2 is 1.93 bits per heavy atom. The molecule has 1 aromatic carbocycles. The Morgan fingerprint density at radius 1 is 1.33 bits per heavy atom. The normalized spacial score (nSPS) is 17.5. The molecule has 0 saturated heterocycles. The van der Waals surface area contributed by atoms with Crippen molar-refractivity contribution in [1.29, 1.82) is 0 Å². The molecule has 2 rings (SSSR count). The van der Waals surface area contributed by atoms with Gasteiger partial charge in [0.05, 0.1) is 0 Å².